The molecule has 0 unspecified atom stereocenters. The Kier molecular flexibility index (Phi) is 4.12. The van der Waals surface area contributed by atoms with E-state index in [2.05, 4.69) is 0 Å². The molecule has 2 aromatic carbocycles. The predicted octanol–water partition coefficient (Wildman–Crippen LogP) is 4.01. The zero-order chi connectivity index (χ0) is 13.8. The van der Waals surface area contributed by atoms with Gasteiger partial charge in [-0.05, 0) is 35.9 Å². The molecule has 0 bridgehead atoms. The third kappa shape index (κ3) is 3.76. The maximum absolute atomic E-state index is 13.1. The van der Waals surface area contributed by atoms with Crippen LogP contribution in [0.5, 0.6) is 5.75 Å². The third-order valence-electron chi connectivity index (χ3n) is 2.36. The molecule has 0 radical (unpaired) electrons. The van der Waals surface area contributed by atoms with E-state index in [1.807, 2.05) is 0 Å². The van der Waals surface area contributed by atoms with Crippen LogP contribution in [0.4, 0.5) is 8.78 Å². The minimum Gasteiger partial charge on any atom is -0.489 e. The van der Waals surface area contributed by atoms with E-state index in [-0.39, 0.29) is 22.9 Å². The summed E-state index contributed by atoms with van der Waals surface area (Å²) in [5, 5.41) is 0.256. The lowest BCUT2D eigenvalue weighted by molar-refractivity contribution is 0.112. The lowest BCUT2D eigenvalue weighted by Gasteiger charge is -2.07. The van der Waals surface area contributed by atoms with E-state index in [1.54, 1.807) is 6.07 Å². The van der Waals surface area contributed by atoms with Gasteiger partial charge in [0, 0.05) is 16.7 Å². The molecule has 0 amide bonds. The number of aldehydes is 1. The molecule has 0 aliphatic carbocycles. The molecule has 0 N–H and O–H groups in total. The summed E-state index contributed by atoms with van der Waals surface area (Å²) in [6, 6.07) is 7.64. The van der Waals surface area contributed by atoms with Crippen LogP contribution in [0.2, 0.25) is 5.02 Å². The Morgan fingerprint density at radius 1 is 1.05 bits per heavy atom. The van der Waals surface area contributed by atoms with Crippen molar-refractivity contribution in [3.8, 4) is 5.75 Å². The predicted molar refractivity (Wildman–Crippen MR) is 67.5 cm³/mol. The SMILES string of the molecule is O=Cc1cc(F)cc(OCc2cc(F)cc(Cl)c2)c1. The van der Waals surface area contributed by atoms with E-state index < -0.39 is 11.6 Å². The van der Waals surface area contributed by atoms with Crippen molar-refractivity contribution in [2.45, 2.75) is 6.61 Å². The van der Waals surface area contributed by atoms with E-state index in [4.69, 9.17) is 16.3 Å². The van der Waals surface area contributed by atoms with E-state index in [1.165, 1.54) is 18.2 Å². The molecule has 2 rings (SSSR count). The van der Waals surface area contributed by atoms with Crippen LogP contribution < -0.4 is 4.74 Å². The van der Waals surface area contributed by atoms with Crippen molar-refractivity contribution in [3.05, 3.63) is 64.2 Å². The van der Waals surface area contributed by atoms with Gasteiger partial charge in [-0.2, -0.15) is 0 Å². The second kappa shape index (κ2) is 5.80. The number of carbonyl (C=O) groups is 1. The number of hydrogen-bond donors (Lipinski definition) is 0. The number of benzene rings is 2. The maximum atomic E-state index is 13.1. The second-order valence-electron chi connectivity index (χ2n) is 3.90. The fraction of sp³-hybridized carbons (Fsp3) is 0.0714. The summed E-state index contributed by atoms with van der Waals surface area (Å²) in [7, 11) is 0. The summed E-state index contributed by atoms with van der Waals surface area (Å²) >= 11 is 5.70. The van der Waals surface area contributed by atoms with Crippen LogP contribution in [0.1, 0.15) is 15.9 Å². The topological polar surface area (TPSA) is 26.3 Å². The molecule has 0 saturated heterocycles. The lowest BCUT2D eigenvalue weighted by Crippen LogP contribution is -1.97. The number of carbonyl (C=O) groups excluding carboxylic acids is 1. The van der Waals surface area contributed by atoms with Crippen molar-refractivity contribution in [2.75, 3.05) is 0 Å². The van der Waals surface area contributed by atoms with Gasteiger partial charge in [-0.25, -0.2) is 8.78 Å². The van der Waals surface area contributed by atoms with Gasteiger partial charge in [-0.15, -0.1) is 0 Å². The van der Waals surface area contributed by atoms with Gasteiger partial charge < -0.3 is 4.74 Å². The number of halogens is 3. The first-order valence-corrected chi connectivity index (χ1v) is 5.78. The van der Waals surface area contributed by atoms with Crippen molar-refractivity contribution < 1.29 is 18.3 Å². The van der Waals surface area contributed by atoms with E-state index >= 15 is 0 Å². The summed E-state index contributed by atoms with van der Waals surface area (Å²) in [5.74, 6) is -0.849. The van der Waals surface area contributed by atoms with Gasteiger partial charge in [0.2, 0.25) is 0 Å². The first kappa shape index (κ1) is 13.5. The molecular formula is C14H9ClF2O2. The van der Waals surface area contributed by atoms with E-state index in [0.29, 0.717) is 11.8 Å². The van der Waals surface area contributed by atoms with Crippen LogP contribution in [0, 0.1) is 11.6 Å². The third-order valence-corrected chi connectivity index (χ3v) is 2.58. The molecule has 5 heteroatoms. The van der Waals surface area contributed by atoms with Crippen LogP contribution in [-0.4, -0.2) is 6.29 Å². The van der Waals surface area contributed by atoms with Crippen LogP contribution in [-0.2, 0) is 6.61 Å². The van der Waals surface area contributed by atoms with Gasteiger partial charge in [0.25, 0.3) is 0 Å². The minimum absolute atomic E-state index is 0.0270. The lowest BCUT2D eigenvalue weighted by atomic mass is 10.2. The van der Waals surface area contributed by atoms with Crippen LogP contribution >= 0.6 is 11.6 Å². The Morgan fingerprint density at radius 3 is 2.47 bits per heavy atom. The average Bonchev–Trinajstić information content (AvgIpc) is 2.34. The van der Waals surface area contributed by atoms with Gasteiger partial charge in [0.05, 0.1) is 0 Å². The largest absolute Gasteiger partial charge is 0.489 e. The molecule has 0 saturated carbocycles. The first-order chi connectivity index (χ1) is 9.06. The highest BCUT2D eigenvalue weighted by Gasteiger charge is 2.04. The van der Waals surface area contributed by atoms with Crippen molar-refractivity contribution in [1.29, 1.82) is 0 Å². The van der Waals surface area contributed by atoms with Crippen LogP contribution in [0.25, 0.3) is 0 Å². The van der Waals surface area contributed by atoms with Gasteiger partial charge >= 0.3 is 0 Å². The summed E-state index contributed by atoms with van der Waals surface area (Å²) in [5.41, 5.74) is 0.689. The summed E-state index contributed by atoms with van der Waals surface area (Å²) in [6.07, 6.45) is 0.523. The highest BCUT2D eigenvalue weighted by molar-refractivity contribution is 6.30. The zero-order valence-corrected chi connectivity index (χ0v) is 10.5. The maximum Gasteiger partial charge on any atom is 0.150 e. The normalized spacial score (nSPS) is 10.3. The van der Waals surface area contributed by atoms with E-state index in [9.17, 15) is 13.6 Å². The molecule has 0 aromatic heterocycles. The fourth-order valence-electron chi connectivity index (χ4n) is 1.60. The smallest absolute Gasteiger partial charge is 0.150 e. The standard InChI is InChI=1S/C14H9ClF2O2/c15-11-1-10(3-12(16)5-11)8-19-14-4-9(7-18)2-13(17)6-14/h1-7H,8H2. The molecule has 0 aliphatic heterocycles. The first-order valence-electron chi connectivity index (χ1n) is 5.40. The summed E-state index contributed by atoms with van der Waals surface area (Å²) < 4.78 is 31.5. The van der Waals surface area contributed by atoms with Gasteiger partial charge in [-0.1, -0.05) is 11.6 Å². The molecule has 0 atom stereocenters. The quantitative estimate of drug-likeness (QED) is 0.792. The van der Waals surface area contributed by atoms with Crippen molar-refractivity contribution >= 4 is 17.9 Å². The van der Waals surface area contributed by atoms with E-state index in [0.717, 1.165) is 12.1 Å². The second-order valence-corrected chi connectivity index (χ2v) is 4.34. The van der Waals surface area contributed by atoms with Crippen LogP contribution in [0.3, 0.4) is 0 Å². The Hall–Kier alpha value is -1.94. The van der Waals surface area contributed by atoms with Crippen molar-refractivity contribution in [2.24, 2.45) is 0 Å². The molecule has 0 aliphatic rings. The van der Waals surface area contributed by atoms with Crippen molar-refractivity contribution in [3.63, 3.8) is 0 Å². The summed E-state index contributed by atoms with van der Waals surface area (Å²) in [4.78, 5) is 10.6. The highest BCUT2D eigenvalue weighted by atomic mass is 35.5. The summed E-state index contributed by atoms with van der Waals surface area (Å²) in [6.45, 7) is 0.0270. The molecule has 0 heterocycles. The highest BCUT2D eigenvalue weighted by Crippen LogP contribution is 2.19. The molecule has 2 aromatic rings. The van der Waals surface area contributed by atoms with Gasteiger partial charge in [-0.3, -0.25) is 4.79 Å². The molecule has 2 nitrogen and oxygen atoms in total. The molecular weight excluding hydrogens is 274 g/mol. The minimum atomic E-state index is -0.572. The molecule has 98 valence electrons. The number of rotatable bonds is 4. The molecule has 0 fully saturated rings. The number of ether oxygens (including phenoxy) is 1. The Balaban J connectivity index is 2.13. The molecule has 0 spiro atoms. The zero-order valence-electron chi connectivity index (χ0n) is 9.70. The number of hydrogen-bond acceptors (Lipinski definition) is 2. The van der Waals surface area contributed by atoms with Crippen molar-refractivity contribution in [1.82, 2.24) is 0 Å². The average molecular weight is 283 g/mol. The van der Waals surface area contributed by atoms with Gasteiger partial charge in [0.1, 0.15) is 30.3 Å². The Bertz CT molecular complexity index is 594. The fourth-order valence-corrected chi connectivity index (χ4v) is 1.84. The van der Waals surface area contributed by atoms with Gasteiger partial charge in [0.15, 0.2) is 0 Å². The monoisotopic (exact) mass is 282 g/mol. The Labute approximate surface area is 113 Å². The Morgan fingerprint density at radius 2 is 1.79 bits per heavy atom. The molecule has 19 heavy (non-hydrogen) atoms. The van der Waals surface area contributed by atoms with Crippen LogP contribution in [0.15, 0.2) is 36.4 Å².